The molecule has 0 spiro atoms. The van der Waals surface area contributed by atoms with Gasteiger partial charge in [0.05, 0.1) is 0 Å². The zero-order valence-corrected chi connectivity index (χ0v) is 6.93. The van der Waals surface area contributed by atoms with E-state index in [9.17, 15) is 0 Å². The summed E-state index contributed by atoms with van der Waals surface area (Å²) in [5.74, 6) is 1.49. The molecule has 1 heterocycles. The Morgan fingerprint density at radius 2 is 2.18 bits per heavy atom. The van der Waals surface area contributed by atoms with Crippen molar-refractivity contribution in [3.8, 4) is 0 Å². The minimum absolute atomic E-state index is 0.725. The predicted octanol–water partition coefficient (Wildman–Crippen LogP) is 1.70. The van der Waals surface area contributed by atoms with Gasteiger partial charge < -0.3 is 4.90 Å². The summed E-state index contributed by atoms with van der Waals surface area (Å²) in [6, 6.07) is 0. The van der Waals surface area contributed by atoms with E-state index in [1.54, 1.807) is 11.3 Å². The summed E-state index contributed by atoms with van der Waals surface area (Å²) < 4.78 is 0. The van der Waals surface area contributed by atoms with Crippen LogP contribution in [0.3, 0.4) is 0 Å². The number of allylic oxidation sites excluding steroid dienone is 1. The van der Waals surface area contributed by atoms with E-state index in [0.717, 1.165) is 11.8 Å². The lowest BCUT2D eigenvalue weighted by molar-refractivity contribution is 0.410. The lowest BCUT2D eigenvalue weighted by Gasteiger charge is -2.20. The van der Waals surface area contributed by atoms with Crippen molar-refractivity contribution in [1.82, 2.24) is 4.90 Å². The minimum atomic E-state index is 0.725. The van der Waals surface area contributed by atoms with E-state index in [4.69, 9.17) is 0 Å². The van der Waals surface area contributed by atoms with Crippen molar-refractivity contribution < 1.29 is 0 Å². The lowest BCUT2D eigenvalue weighted by atomic mass is 9.96. The van der Waals surface area contributed by atoms with Crippen molar-refractivity contribution in [2.24, 2.45) is 11.8 Å². The van der Waals surface area contributed by atoms with Crippen LogP contribution in [0.2, 0.25) is 0 Å². The highest BCUT2D eigenvalue weighted by Crippen LogP contribution is 2.52. The van der Waals surface area contributed by atoms with Gasteiger partial charge in [0, 0.05) is 31.6 Å². The summed E-state index contributed by atoms with van der Waals surface area (Å²) in [7, 11) is 2.23. The largest absolute Gasteiger partial charge is 0.377 e. The maximum absolute atomic E-state index is 3.64. The van der Waals surface area contributed by atoms with Crippen LogP contribution in [0.4, 0.5) is 0 Å². The molecule has 0 amide bonds. The molecule has 1 saturated carbocycles. The molecule has 3 rings (SSSR count). The van der Waals surface area contributed by atoms with Crippen LogP contribution < -0.4 is 0 Å². The second-order valence-electron chi connectivity index (χ2n) is 3.93. The van der Waals surface area contributed by atoms with Gasteiger partial charge >= 0.3 is 0 Å². The van der Waals surface area contributed by atoms with E-state index in [2.05, 4.69) is 18.4 Å². The minimum Gasteiger partial charge on any atom is -0.377 e. The van der Waals surface area contributed by atoms with Gasteiger partial charge in [-0.15, -0.1) is 0 Å². The summed E-state index contributed by atoms with van der Waals surface area (Å²) in [5.41, 5.74) is 3.37. The zero-order chi connectivity index (χ0) is 7.42. The van der Waals surface area contributed by atoms with Gasteiger partial charge in [0.2, 0.25) is 0 Å². The van der Waals surface area contributed by atoms with Gasteiger partial charge in [-0.1, -0.05) is 0 Å². The molecule has 0 N–H and O–H groups in total. The van der Waals surface area contributed by atoms with Gasteiger partial charge in [-0.3, -0.25) is 0 Å². The van der Waals surface area contributed by atoms with E-state index in [0.29, 0.717) is 0 Å². The van der Waals surface area contributed by atoms with Crippen molar-refractivity contribution in [2.45, 2.75) is 19.3 Å². The maximum atomic E-state index is 3.64. The third kappa shape index (κ3) is 0.622. The van der Waals surface area contributed by atoms with E-state index in [-0.39, 0.29) is 0 Å². The standard InChI is InChI=1S/C10H13N/c1-11-5-4-9-7-2-3-8(6-7)10(9)11/h7-8H,2-5H2,1H3/t7-,8+/m1/s1. The molecule has 0 aromatic carbocycles. The molecule has 2 radical (unpaired) electrons. The first-order valence-corrected chi connectivity index (χ1v) is 4.56. The van der Waals surface area contributed by atoms with Crippen LogP contribution in [0.5, 0.6) is 0 Å². The van der Waals surface area contributed by atoms with Crippen molar-refractivity contribution in [2.75, 3.05) is 13.6 Å². The molecule has 1 aliphatic heterocycles. The Bertz CT molecular complexity index is 229. The monoisotopic (exact) mass is 147 g/mol. The molecule has 1 fully saturated rings. The molecule has 0 aromatic heterocycles. The van der Waals surface area contributed by atoms with Gasteiger partial charge in [-0.2, -0.15) is 0 Å². The Morgan fingerprint density at radius 3 is 3.00 bits per heavy atom. The SMILES string of the molecule is CN1CCC2=C1[C@@H]1[C][C@H]2CC1. The van der Waals surface area contributed by atoms with Crippen LogP contribution in [-0.2, 0) is 0 Å². The second-order valence-corrected chi connectivity index (χ2v) is 3.93. The second kappa shape index (κ2) is 1.82. The van der Waals surface area contributed by atoms with Crippen molar-refractivity contribution >= 4 is 0 Å². The Morgan fingerprint density at radius 1 is 1.36 bits per heavy atom. The Kier molecular flexibility index (Phi) is 1.01. The van der Waals surface area contributed by atoms with Crippen molar-refractivity contribution in [3.63, 3.8) is 0 Å². The molecular weight excluding hydrogens is 134 g/mol. The smallest absolute Gasteiger partial charge is 0.0209 e. The van der Waals surface area contributed by atoms with Gasteiger partial charge in [0.15, 0.2) is 0 Å². The first kappa shape index (κ1) is 6.10. The number of likely N-dealkylation sites (tertiary alicyclic amines) is 1. The molecule has 11 heavy (non-hydrogen) atoms. The van der Waals surface area contributed by atoms with Crippen molar-refractivity contribution in [1.29, 1.82) is 0 Å². The molecule has 1 heteroatoms. The topological polar surface area (TPSA) is 3.24 Å². The van der Waals surface area contributed by atoms with E-state index in [1.807, 2.05) is 0 Å². The number of hydrogen-bond acceptors (Lipinski definition) is 1. The van der Waals surface area contributed by atoms with Crippen LogP contribution in [0.1, 0.15) is 19.3 Å². The zero-order valence-electron chi connectivity index (χ0n) is 6.93. The van der Waals surface area contributed by atoms with E-state index >= 15 is 0 Å². The van der Waals surface area contributed by atoms with Crippen LogP contribution in [0, 0.1) is 18.3 Å². The molecule has 58 valence electrons. The fraction of sp³-hybridized carbons (Fsp3) is 0.700. The number of nitrogens with zero attached hydrogens (tertiary/aromatic N) is 1. The highest BCUT2D eigenvalue weighted by Gasteiger charge is 2.43. The molecule has 0 unspecified atom stereocenters. The average Bonchev–Trinajstić information content (AvgIpc) is 2.60. The molecule has 0 aromatic rings. The average molecular weight is 147 g/mol. The first-order valence-electron chi connectivity index (χ1n) is 4.56. The quantitative estimate of drug-likeness (QED) is 0.504. The fourth-order valence-corrected chi connectivity index (χ4v) is 2.86. The van der Waals surface area contributed by atoms with Crippen LogP contribution >= 0.6 is 0 Å². The highest BCUT2D eigenvalue weighted by molar-refractivity contribution is 5.37. The molecule has 1 nitrogen and oxygen atoms in total. The van der Waals surface area contributed by atoms with E-state index < -0.39 is 0 Å². The van der Waals surface area contributed by atoms with Crippen LogP contribution in [0.15, 0.2) is 11.3 Å². The van der Waals surface area contributed by atoms with Gasteiger partial charge in [-0.25, -0.2) is 0 Å². The Hall–Kier alpha value is -0.460. The number of hydrogen-bond donors (Lipinski definition) is 0. The third-order valence-electron chi connectivity index (χ3n) is 3.35. The van der Waals surface area contributed by atoms with Crippen LogP contribution in [-0.4, -0.2) is 18.5 Å². The van der Waals surface area contributed by atoms with Gasteiger partial charge in [0.1, 0.15) is 0 Å². The lowest BCUT2D eigenvalue weighted by Crippen LogP contribution is -2.17. The van der Waals surface area contributed by atoms with Gasteiger partial charge in [-0.05, 0) is 30.8 Å². The summed E-state index contributed by atoms with van der Waals surface area (Å²) in [4.78, 5) is 2.44. The van der Waals surface area contributed by atoms with Gasteiger partial charge in [0.25, 0.3) is 0 Å². The van der Waals surface area contributed by atoms with Crippen LogP contribution in [0.25, 0.3) is 0 Å². The third-order valence-corrected chi connectivity index (χ3v) is 3.35. The number of fused-ring (bicyclic) bond motifs is 4. The normalized spacial score (nSPS) is 40.6. The molecule has 2 aliphatic carbocycles. The first-order chi connectivity index (χ1) is 5.36. The van der Waals surface area contributed by atoms with E-state index in [1.165, 1.54) is 25.8 Å². The fourth-order valence-electron chi connectivity index (χ4n) is 2.86. The molecule has 2 atom stereocenters. The molecule has 3 aliphatic rings. The Labute approximate surface area is 68.1 Å². The molecule has 0 saturated heterocycles. The molecular formula is C10H13N. The predicted molar refractivity (Wildman–Crippen MR) is 43.7 cm³/mol. The summed E-state index contributed by atoms with van der Waals surface area (Å²) in [5, 5.41) is 0. The number of rotatable bonds is 0. The Balaban J connectivity index is 2.05. The summed E-state index contributed by atoms with van der Waals surface area (Å²) >= 11 is 0. The highest BCUT2D eigenvalue weighted by atomic mass is 15.1. The van der Waals surface area contributed by atoms with Crippen molar-refractivity contribution in [3.05, 3.63) is 17.7 Å². The summed E-state index contributed by atoms with van der Waals surface area (Å²) in [6.45, 7) is 1.26. The molecule has 2 bridgehead atoms. The summed E-state index contributed by atoms with van der Waals surface area (Å²) in [6.07, 6.45) is 7.72. The maximum Gasteiger partial charge on any atom is 0.0209 e.